The molecule has 1 aromatic heterocycles. The monoisotopic (exact) mass is 347 g/mol. The second-order valence-corrected chi connectivity index (χ2v) is 7.48. The van der Waals surface area contributed by atoms with Crippen molar-refractivity contribution in [1.82, 2.24) is 4.98 Å². The molecule has 0 aliphatic carbocycles. The van der Waals surface area contributed by atoms with Crippen molar-refractivity contribution in [2.75, 3.05) is 5.32 Å². The van der Waals surface area contributed by atoms with Crippen molar-refractivity contribution >= 4 is 28.1 Å². The maximum atomic E-state index is 13.3. The smallest absolute Gasteiger partial charge is 0.270 e. The molecular formula is C17H18FN3O2S. The molecule has 1 amide bonds. The molecule has 7 heteroatoms. The lowest BCUT2D eigenvalue weighted by atomic mass is 9.93. The van der Waals surface area contributed by atoms with Gasteiger partial charge in [-0.25, -0.2) is 9.37 Å². The molecule has 1 atom stereocenters. The summed E-state index contributed by atoms with van der Waals surface area (Å²) < 4.78 is 13.3. The second kappa shape index (κ2) is 6.32. The lowest BCUT2D eigenvalue weighted by Crippen LogP contribution is -2.28. The average Bonchev–Trinajstić information content (AvgIpc) is 3.15. The summed E-state index contributed by atoms with van der Waals surface area (Å²) in [5, 5.41) is 9.13. The van der Waals surface area contributed by atoms with Gasteiger partial charge >= 0.3 is 0 Å². The third kappa shape index (κ3) is 3.62. The number of halogens is 1. The first-order valence-electron chi connectivity index (χ1n) is 7.58. The van der Waals surface area contributed by atoms with Crippen LogP contribution >= 0.6 is 11.3 Å². The third-order valence-electron chi connectivity index (χ3n) is 3.62. The minimum Gasteiger partial charge on any atom is -0.382 e. The van der Waals surface area contributed by atoms with Gasteiger partial charge in [0, 0.05) is 22.8 Å². The Morgan fingerprint density at radius 2 is 2.21 bits per heavy atom. The number of rotatable bonds is 3. The van der Waals surface area contributed by atoms with Gasteiger partial charge in [0.05, 0.1) is 11.4 Å². The van der Waals surface area contributed by atoms with Crippen molar-refractivity contribution in [3.63, 3.8) is 0 Å². The largest absolute Gasteiger partial charge is 0.382 e. The number of thiazole rings is 1. The normalized spacial score (nSPS) is 17.3. The summed E-state index contributed by atoms with van der Waals surface area (Å²) in [5.74, 6) is -0.652. The van der Waals surface area contributed by atoms with Crippen LogP contribution in [0.1, 0.15) is 38.4 Å². The highest BCUT2D eigenvalue weighted by molar-refractivity contribution is 7.14. The number of aromatic nitrogens is 1. The summed E-state index contributed by atoms with van der Waals surface area (Å²) in [5.41, 5.74) is 2.03. The molecule has 126 valence electrons. The number of hydrogen-bond acceptors (Lipinski definition) is 5. The van der Waals surface area contributed by atoms with Crippen LogP contribution in [0.15, 0.2) is 34.8 Å². The zero-order chi connectivity index (χ0) is 17.3. The van der Waals surface area contributed by atoms with Crippen LogP contribution in [-0.2, 0) is 15.0 Å². The Hall–Kier alpha value is -2.28. The number of amides is 1. The molecule has 0 spiro atoms. The van der Waals surface area contributed by atoms with Gasteiger partial charge in [-0.05, 0) is 12.1 Å². The molecule has 2 aromatic rings. The van der Waals surface area contributed by atoms with E-state index in [9.17, 15) is 9.18 Å². The summed E-state index contributed by atoms with van der Waals surface area (Å²) in [6.07, 6.45) is -0.433. The van der Waals surface area contributed by atoms with Crippen LogP contribution in [0.4, 0.5) is 9.52 Å². The van der Waals surface area contributed by atoms with E-state index < -0.39 is 6.10 Å². The summed E-state index contributed by atoms with van der Waals surface area (Å²) in [6, 6.07) is 6.07. The molecule has 0 saturated heterocycles. The number of anilines is 1. The molecular weight excluding hydrogens is 329 g/mol. The van der Waals surface area contributed by atoms with Crippen LogP contribution in [0.5, 0.6) is 0 Å². The van der Waals surface area contributed by atoms with Gasteiger partial charge in [0.25, 0.3) is 5.91 Å². The van der Waals surface area contributed by atoms with Crippen LogP contribution in [0.3, 0.4) is 0 Å². The van der Waals surface area contributed by atoms with Crippen LogP contribution in [0, 0.1) is 5.82 Å². The fourth-order valence-electron chi connectivity index (χ4n) is 2.22. The Morgan fingerprint density at radius 1 is 1.42 bits per heavy atom. The minimum absolute atomic E-state index is 0.0724. The van der Waals surface area contributed by atoms with E-state index in [1.165, 1.54) is 23.5 Å². The lowest BCUT2D eigenvalue weighted by molar-refractivity contribution is -0.125. The predicted octanol–water partition coefficient (Wildman–Crippen LogP) is 3.71. The van der Waals surface area contributed by atoms with Gasteiger partial charge in [0.15, 0.2) is 5.13 Å². The SMILES string of the molecule is CC(C)(C)c1csc(NC(=O)C2CC(c3cccc(F)c3)=NO2)n1. The molecule has 0 radical (unpaired) electrons. The van der Waals surface area contributed by atoms with Gasteiger partial charge in [-0.3, -0.25) is 10.1 Å². The predicted molar refractivity (Wildman–Crippen MR) is 91.9 cm³/mol. The minimum atomic E-state index is -0.731. The van der Waals surface area contributed by atoms with Gasteiger partial charge in [-0.1, -0.05) is 38.1 Å². The van der Waals surface area contributed by atoms with Crippen LogP contribution in [0.2, 0.25) is 0 Å². The second-order valence-electron chi connectivity index (χ2n) is 6.62. The van der Waals surface area contributed by atoms with E-state index >= 15 is 0 Å². The Kier molecular flexibility index (Phi) is 4.36. The number of oxime groups is 1. The van der Waals surface area contributed by atoms with E-state index in [1.807, 2.05) is 5.38 Å². The molecule has 24 heavy (non-hydrogen) atoms. The molecule has 0 saturated carbocycles. The van der Waals surface area contributed by atoms with Crippen LogP contribution in [0.25, 0.3) is 0 Å². The molecule has 0 fully saturated rings. The van der Waals surface area contributed by atoms with Crippen molar-refractivity contribution in [3.05, 3.63) is 46.7 Å². The number of hydrogen-bond donors (Lipinski definition) is 1. The average molecular weight is 347 g/mol. The topological polar surface area (TPSA) is 63.6 Å². The number of carbonyl (C=O) groups is 1. The lowest BCUT2D eigenvalue weighted by Gasteiger charge is -2.14. The molecule has 0 bridgehead atoms. The van der Waals surface area contributed by atoms with E-state index in [4.69, 9.17) is 4.84 Å². The zero-order valence-electron chi connectivity index (χ0n) is 13.7. The molecule has 1 aliphatic heterocycles. The van der Waals surface area contributed by atoms with Gasteiger partial charge < -0.3 is 4.84 Å². The quantitative estimate of drug-likeness (QED) is 0.920. The van der Waals surface area contributed by atoms with Crippen LogP contribution in [-0.4, -0.2) is 22.7 Å². The zero-order valence-corrected chi connectivity index (χ0v) is 14.5. The molecule has 5 nitrogen and oxygen atoms in total. The Morgan fingerprint density at radius 3 is 2.88 bits per heavy atom. The van der Waals surface area contributed by atoms with Crippen molar-refractivity contribution in [2.24, 2.45) is 5.16 Å². The van der Waals surface area contributed by atoms with Crippen LogP contribution < -0.4 is 5.32 Å². The van der Waals surface area contributed by atoms with E-state index in [2.05, 4.69) is 36.2 Å². The maximum absolute atomic E-state index is 13.3. The summed E-state index contributed by atoms with van der Waals surface area (Å²) >= 11 is 1.38. The Bertz CT molecular complexity index is 795. The van der Waals surface area contributed by atoms with Crippen molar-refractivity contribution in [3.8, 4) is 0 Å². The van der Waals surface area contributed by atoms with Gasteiger partial charge in [0.2, 0.25) is 6.10 Å². The molecule has 2 heterocycles. The highest BCUT2D eigenvalue weighted by Crippen LogP contribution is 2.27. The first-order valence-corrected chi connectivity index (χ1v) is 8.46. The fourth-order valence-corrected chi connectivity index (χ4v) is 3.16. The number of benzene rings is 1. The summed E-state index contributed by atoms with van der Waals surface area (Å²) in [4.78, 5) is 21.9. The third-order valence-corrected chi connectivity index (χ3v) is 4.38. The Labute approximate surface area is 143 Å². The molecule has 1 aromatic carbocycles. The maximum Gasteiger partial charge on any atom is 0.270 e. The van der Waals surface area contributed by atoms with Crippen molar-refractivity contribution in [1.29, 1.82) is 0 Å². The van der Waals surface area contributed by atoms with Gasteiger partial charge in [0.1, 0.15) is 5.82 Å². The van der Waals surface area contributed by atoms with Gasteiger partial charge in [-0.2, -0.15) is 0 Å². The van der Waals surface area contributed by atoms with E-state index in [0.717, 1.165) is 5.69 Å². The summed E-state index contributed by atoms with van der Waals surface area (Å²) in [7, 11) is 0. The molecule has 1 unspecified atom stereocenters. The van der Waals surface area contributed by atoms with Crippen molar-refractivity contribution < 1.29 is 14.0 Å². The standard InChI is InChI=1S/C17H18FN3O2S/c1-17(2,3)14-9-24-16(19-14)20-15(22)13-8-12(21-23-13)10-5-4-6-11(18)7-10/h4-7,9,13H,8H2,1-3H3,(H,19,20,22). The molecule has 3 rings (SSSR count). The van der Waals surface area contributed by atoms with Gasteiger partial charge in [-0.15, -0.1) is 11.3 Å². The highest BCUT2D eigenvalue weighted by atomic mass is 32.1. The first kappa shape index (κ1) is 16.6. The number of nitrogens with zero attached hydrogens (tertiary/aromatic N) is 2. The van der Waals surface area contributed by atoms with Crippen molar-refractivity contribution in [2.45, 2.75) is 38.7 Å². The molecule has 1 aliphatic rings. The fraction of sp³-hybridized carbons (Fsp3) is 0.353. The Balaban J connectivity index is 1.63. The summed E-state index contributed by atoms with van der Waals surface area (Å²) in [6.45, 7) is 6.19. The number of nitrogens with one attached hydrogen (secondary N) is 1. The number of carbonyl (C=O) groups excluding carboxylic acids is 1. The van der Waals surface area contributed by atoms with E-state index in [-0.39, 0.29) is 17.1 Å². The first-order chi connectivity index (χ1) is 11.3. The van der Waals surface area contributed by atoms with E-state index in [0.29, 0.717) is 22.8 Å². The molecule has 1 N–H and O–H groups in total. The van der Waals surface area contributed by atoms with E-state index in [1.54, 1.807) is 12.1 Å². The highest BCUT2D eigenvalue weighted by Gasteiger charge is 2.30.